The van der Waals surface area contributed by atoms with Crippen LogP contribution in [0.1, 0.15) is 69.3 Å². The summed E-state index contributed by atoms with van der Waals surface area (Å²) in [5.41, 5.74) is 0. The lowest BCUT2D eigenvalue weighted by atomic mass is 9.89. The molecule has 2 amide bonds. The van der Waals surface area contributed by atoms with E-state index in [0.717, 1.165) is 37.2 Å². The average molecular weight is 401 g/mol. The fourth-order valence-electron chi connectivity index (χ4n) is 4.02. The van der Waals surface area contributed by atoms with E-state index in [9.17, 15) is 9.59 Å². The number of hydrogen-bond acceptors (Lipinski definition) is 4. The molecule has 0 aliphatic heterocycles. The second-order valence-corrected chi connectivity index (χ2v) is 7.91. The molecule has 2 N–H and O–H groups in total. The minimum atomic E-state index is 0.180. The Labute approximate surface area is 172 Å². The average Bonchev–Trinajstić information content (AvgIpc) is 3.54. The van der Waals surface area contributed by atoms with Gasteiger partial charge in [0.05, 0.1) is 25.6 Å². The molecular formula is C23H32N2O4. The van der Waals surface area contributed by atoms with E-state index >= 15 is 0 Å². The predicted molar refractivity (Wildman–Crippen MR) is 110 cm³/mol. The van der Waals surface area contributed by atoms with Crippen molar-refractivity contribution in [2.45, 2.75) is 70.9 Å². The molecular weight excluding hydrogens is 368 g/mol. The highest BCUT2D eigenvalue weighted by Crippen LogP contribution is 2.25. The zero-order valence-corrected chi connectivity index (χ0v) is 17.0. The van der Waals surface area contributed by atoms with E-state index in [-0.39, 0.29) is 23.7 Å². The number of hydrogen-bond donors (Lipinski definition) is 2. The van der Waals surface area contributed by atoms with E-state index < -0.39 is 0 Å². The molecule has 2 aliphatic carbocycles. The van der Waals surface area contributed by atoms with E-state index in [2.05, 4.69) is 10.6 Å². The van der Waals surface area contributed by atoms with Crippen LogP contribution in [0, 0.1) is 11.8 Å². The monoisotopic (exact) mass is 400 g/mol. The summed E-state index contributed by atoms with van der Waals surface area (Å²) in [6.45, 7) is 1.03. The van der Waals surface area contributed by atoms with Gasteiger partial charge in [-0.25, -0.2) is 0 Å². The lowest BCUT2D eigenvalue weighted by molar-refractivity contribution is -0.126. The summed E-state index contributed by atoms with van der Waals surface area (Å²) in [5.74, 6) is 2.47. The van der Waals surface area contributed by atoms with E-state index in [4.69, 9.17) is 8.83 Å². The maximum Gasteiger partial charge on any atom is 0.223 e. The fourth-order valence-corrected chi connectivity index (χ4v) is 4.02. The van der Waals surface area contributed by atoms with Crippen molar-refractivity contribution in [1.29, 1.82) is 0 Å². The molecule has 0 saturated heterocycles. The van der Waals surface area contributed by atoms with Gasteiger partial charge in [0.25, 0.3) is 0 Å². The van der Waals surface area contributed by atoms with Gasteiger partial charge in [0.15, 0.2) is 0 Å². The Balaban J connectivity index is 0.000000166. The van der Waals surface area contributed by atoms with Crippen LogP contribution in [0.15, 0.2) is 45.6 Å². The molecule has 0 aromatic carbocycles. The largest absolute Gasteiger partial charge is 0.467 e. The summed E-state index contributed by atoms with van der Waals surface area (Å²) >= 11 is 0. The van der Waals surface area contributed by atoms with Gasteiger partial charge in [0, 0.05) is 11.8 Å². The van der Waals surface area contributed by atoms with Gasteiger partial charge in [-0.1, -0.05) is 32.1 Å². The first-order valence-corrected chi connectivity index (χ1v) is 10.8. The van der Waals surface area contributed by atoms with Gasteiger partial charge in [-0.3, -0.25) is 9.59 Å². The van der Waals surface area contributed by atoms with Crippen molar-refractivity contribution in [3.63, 3.8) is 0 Å². The summed E-state index contributed by atoms with van der Waals surface area (Å²) < 4.78 is 10.3. The van der Waals surface area contributed by atoms with Crippen LogP contribution in [0.5, 0.6) is 0 Å². The molecule has 2 heterocycles. The molecule has 158 valence electrons. The Hall–Kier alpha value is -2.50. The molecule has 4 rings (SSSR count). The second-order valence-electron chi connectivity index (χ2n) is 7.91. The number of furan rings is 2. The predicted octanol–water partition coefficient (Wildman–Crippen LogP) is 4.56. The first kappa shape index (κ1) is 21.2. The Morgan fingerprint density at radius 2 is 1.14 bits per heavy atom. The highest BCUT2D eigenvalue weighted by molar-refractivity contribution is 5.79. The van der Waals surface area contributed by atoms with Crippen LogP contribution in [-0.2, 0) is 22.7 Å². The van der Waals surface area contributed by atoms with Crippen LogP contribution in [0.4, 0.5) is 0 Å². The van der Waals surface area contributed by atoms with Crippen LogP contribution in [0.2, 0.25) is 0 Å². The van der Waals surface area contributed by atoms with Crippen LogP contribution < -0.4 is 10.6 Å². The van der Waals surface area contributed by atoms with Gasteiger partial charge in [-0.15, -0.1) is 0 Å². The van der Waals surface area contributed by atoms with Crippen LogP contribution in [-0.4, -0.2) is 11.8 Å². The normalized spacial score (nSPS) is 17.4. The minimum absolute atomic E-state index is 0.180. The van der Waals surface area contributed by atoms with Crippen molar-refractivity contribution in [2.24, 2.45) is 11.8 Å². The van der Waals surface area contributed by atoms with Gasteiger partial charge in [-0.05, 0) is 49.9 Å². The molecule has 2 aromatic rings. The number of carbonyl (C=O) groups excluding carboxylic acids is 2. The van der Waals surface area contributed by atoms with Gasteiger partial charge in [0.2, 0.25) is 11.8 Å². The molecule has 6 nitrogen and oxygen atoms in total. The topological polar surface area (TPSA) is 84.5 Å². The summed E-state index contributed by atoms with van der Waals surface area (Å²) in [6.07, 6.45) is 13.5. The first-order valence-electron chi connectivity index (χ1n) is 10.8. The fraction of sp³-hybridized carbons (Fsp3) is 0.565. The molecule has 6 heteroatoms. The summed E-state index contributed by atoms with van der Waals surface area (Å²) in [7, 11) is 0. The first-order chi connectivity index (χ1) is 14.2. The number of nitrogens with one attached hydrogen (secondary N) is 2. The van der Waals surface area contributed by atoms with Crippen LogP contribution in [0.25, 0.3) is 0 Å². The van der Waals surface area contributed by atoms with E-state index in [0.29, 0.717) is 13.1 Å². The van der Waals surface area contributed by atoms with Gasteiger partial charge in [-0.2, -0.15) is 0 Å². The lowest BCUT2D eigenvalue weighted by Crippen LogP contribution is -2.31. The maximum absolute atomic E-state index is 11.7. The van der Waals surface area contributed by atoms with E-state index in [1.807, 2.05) is 24.3 Å². The maximum atomic E-state index is 11.7. The number of carbonyl (C=O) groups is 2. The molecule has 2 aromatic heterocycles. The highest BCUT2D eigenvalue weighted by atomic mass is 16.3. The zero-order valence-electron chi connectivity index (χ0n) is 17.0. The lowest BCUT2D eigenvalue weighted by Gasteiger charge is -2.20. The Morgan fingerprint density at radius 1 is 0.724 bits per heavy atom. The molecule has 2 fully saturated rings. The van der Waals surface area contributed by atoms with Crippen molar-refractivity contribution < 1.29 is 18.4 Å². The minimum Gasteiger partial charge on any atom is -0.467 e. The molecule has 0 radical (unpaired) electrons. The van der Waals surface area contributed by atoms with Crippen molar-refractivity contribution in [1.82, 2.24) is 10.6 Å². The van der Waals surface area contributed by atoms with Crippen molar-refractivity contribution in [2.75, 3.05) is 0 Å². The molecule has 0 atom stereocenters. The quantitative estimate of drug-likeness (QED) is 0.744. The number of amides is 2. The summed E-state index contributed by atoms with van der Waals surface area (Å²) in [5, 5.41) is 5.82. The molecule has 29 heavy (non-hydrogen) atoms. The standard InChI is InChI=1S/C12H17NO2.C11H15NO2/c14-12(10-5-2-1-3-6-10)13-9-11-7-4-8-15-11;13-11(9-4-1-2-5-9)12-8-10-6-3-7-14-10/h4,7-8,10H,1-3,5-6,9H2,(H,13,14);3,6-7,9H,1-2,4-5,8H2,(H,12,13). The molecule has 2 saturated carbocycles. The van der Waals surface area contributed by atoms with Crippen molar-refractivity contribution in [3.8, 4) is 0 Å². The molecule has 2 aliphatic rings. The van der Waals surface area contributed by atoms with Gasteiger partial charge < -0.3 is 19.5 Å². The number of rotatable bonds is 6. The SMILES string of the molecule is O=C(NCc1ccco1)C1CCCC1.O=C(NCc1ccco1)C1CCCCC1. The zero-order chi connectivity index (χ0) is 20.3. The molecule has 0 bridgehead atoms. The Morgan fingerprint density at radius 3 is 1.52 bits per heavy atom. The van der Waals surface area contributed by atoms with E-state index in [1.54, 1.807) is 12.5 Å². The van der Waals surface area contributed by atoms with Crippen molar-refractivity contribution >= 4 is 11.8 Å². The van der Waals surface area contributed by atoms with Crippen LogP contribution >= 0.6 is 0 Å². The third-order valence-corrected chi connectivity index (χ3v) is 5.74. The third kappa shape index (κ3) is 7.11. The Kier molecular flexibility index (Phi) is 8.40. The van der Waals surface area contributed by atoms with E-state index in [1.165, 1.54) is 32.1 Å². The smallest absolute Gasteiger partial charge is 0.223 e. The Bertz CT molecular complexity index is 712. The second kappa shape index (κ2) is 11.5. The summed E-state index contributed by atoms with van der Waals surface area (Å²) in [4.78, 5) is 23.3. The molecule has 0 unspecified atom stereocenters. The summed E-state index contributed by atoms with van der Waals surface area (Å²) in [6, 6.07) is 7.41. The van der Waals surface area contributed by atoms with Gasteiger partial charge >= 0.3 is 0 Å². The van der Waals surface area contributed by atoms with Crippen molar-refractivity contribution in [3.05, 3.63) is 48.3 Å². The van der Waals surface area contributed by atoms with Gasteiger partial charge in [0.1, 0.15) is 11.5 Å². The third-order valence-electron chi connectivity index (χ3n) is 5.74. The van der Waals surface area contributed by atoms with Crippen LogP contribution in [0.3, 0.4) is 0 Å². The highest BCUT2D eigenvalue weighted by Gasteiger charge is 2.22. The molecule has 0 spiro atoms.